The zero-order chi connectivity index (χ0) is 9.97. The minimum absolute atomic E-state index is 0.191. The van der Waals surface area contributed by atoms with Crippen LogP contribution in [0.3, 0.4) is 0 Å². The average Bonchev–Trinajstić information content (AvgIpc) is 2.61. The molecule has 0 aliphatic heterocycles. The van der Waals surface area contributed by atoms with E-state index < -0.39 is 0 Å². The van der Waals surface area contributed by atoms with E-state index in [0.29, 0.717) is 13.0 Å². The molecule has 0 fully saturated rings. The average molecular weight is 188 g/mol. The summed E-state index contributed by atoms with van der Waals surface area (Å²) < 4.78 is 4.95. The van der Waals surface area contributed by atoms with Gasteiger partial charge in [-0.1, -0.05) is 24.3 Å². The monoisotopic (exact) mass is 188 g/mol. The van der Waals surface area contributed by atoms with E-state index in [1.807, 2.05) is 37.3 Å². The van der Waals surface area contributed by atoms with Gasteiger partial charge in [-0.15, -0.1) is 0 Å². The van der Waals surface area contributed by atoms with E-state index in [-0.39, 0.29) is 5.97 Å². The van der Waals surface area contributed by atoms with Gasteiger partial charge in [0.2, 0.25) is 0 Å². The van der Waals surface area contributed by atoms with E-state index >= 15 is 0 Å². The summed E-state index contributed by atoms with van der Waals surface area (Å²) in [6.45, 7) is 2.26. The summed E-state index contributed by atoms with van der Waals surface area (Å²) in [5.74, 6) is -0.191. The highest BCUT2D eigenvalue weighted by Gasteiger charge is 2.18. The predicted octanol–water partition coefficient (Wildman–Crippen LogP) is 2.19. The molecule has 1 aromatic carbocycles. The maximum Gasteiger partial charge on any atom is 0.334 e. The van der Waals surface area contributed by atoms with Crippen LogP contribution in [0.4, 0.5) is 0 Å². The molecular formula is C12H12O2. The third-order valence-electron chi connectivity index (χ3n) is 2.30. The van der Waals surface area contributed by atoms with E-state index in [1.54, 1.807) is 0 Å². The second kappa shape index (κ2) is 3.66. The van der Waals surface area contributed by atoms with Crippen LogP contribution in [0.2, 0.25) is 0 Å². The molecule has 0 bridgehead atoms. The molecule has 1 aliphatic rings. The van der Waals surface area contributed by atoms with Gasteiger partial charge in [0.05, 0.1) is 6.61 Å². The van der Waals surface area contributed by atoms with Crippen molar-refractivity contribution in [1.82, 2.24) is 0 Å². The van der Waals surface area contributed by atoms with Crippen LogP contribution >= 0.6 is 0 Å². The molecule has 14 heavy (non-hydrogen) atoms. The highest BCUT2D eigenvalue weighted by molar-refractivity contribution is 5.96. The lowest BCUT2D eigenvalue weighted by Crippen LogP contribution is -2.07. The number of carbonyl (C=O) groups excluding carboxylic acids is 1. The van der Waals surface area contributed by atoms with Crippen LogP contribution < -0.4 is 0 Å². The third-order valence-corrected chi connectivity index (χ3v) is 2.30. The van der Waals surface area contributed by atoms with Crippen molar-refractivity contribution in [3.8, 4) is 0 Å². The van der Waals surface area contributed by atoms with E-state index in [9.17, 15) is 4.79 Å². The first-order valence-electron chi connectivity index (χ1n) is 4.77. The lowest BCUT2D eigenvalue weighted by Gasteiger charge is -2.00. The summed E-state index contributed by atoms with van der Waals surface area (Å²) in [6.07, 6.45) is 2.61. The molecular weight excluding hydrogens is 176 g/mol. The molecule has 0 saturated heterocycles. The quantitative estimate of drug-likeness (QED) is 0.665. The number of carbonyl (C=O) groups is 1. The Morgan fingerprint density at radius 1 is 1.43 bits per heavy atom. The molecule has 0 heterocycles. The fourth-order valence-electron chi connectivity index (χ4n) is 1.63. The number of fused-ring (bicyclic) bond motifs is 1. The number of hydrogen-bond donors (Lipinski definition) is 0. The van der Waals surface area contributed by atoms with Gasteiger partial charge in [0.1, 0.15) is 0 Å². The second-order valence-electron chi connectivity index (χ2n) is 3.27. The zero-order valence-corrected chi connectivity index (χ0v) is 8.12. The molecule has 0 amide bonds. The zero-order valence-electron chi connectivity index (χ0n) is 8.12. The fourth-order valence-corrected chi connectivity index (χ4v) is 1.63. The molecule has 0 unspecified atom stereocenters. The number of ether oxygens (including phenoxy) is 1. The van der Waals surface area contributed by atoms with Crippen molar-refractivity contribution in [1.29, 1.82) is 0 Å². The van der Waals surface area contributed by atoms with Gasteiger partial charge in [0.15, 0.2) is 0 Å². The summed E-state index contributed by atoms with van der Waals surface area (Å²) >= 11 is 0. The Labute approximate surface area is 83.2 Å². The number of benzene rings is 1. The van der Waals surface area contributed by atoms with Crippen molar-refractivity contribution in [2.75, 3.05) is 6.61 Å². The van der Waals surface area contributed by atoms with Gasteiger partial charge in [-0.2, -0.15) is 0 Å². The topological polar surface area (TPSA) is 26.3 Å². The summed E-state index contributed by atoms with van der Waals surface area (Å²) in [6, 6.07) is 8.02. The van der Waals surface area contributed by atoms with Gasteiger partial charge in [-0.3, -0.25) is 0 Å². The number of esters is 1. The van der Waals surface area contributed by atoms with E-state index in [0.717, 1.165) is 11.1 Å². The van der Waals surface area contributed by atoms with Crippen molar-refractivity contribution < 1.29 is 9.53 Å². The standard InChI is InChI=1S/C12H12O2/c1-2-14-12(13)11-7-9-5-3-4-6-10(9)8-11/h3-7H,2,8H2,1H3. The molecule has 0 atom stereocenters. The van der Waals surface area contributed by atoms with Crippen molar-refractivity contribution in [3.63, 3.8) is 0 Å². The third kappa shape index (κ3) is 1.55. The van der Waals surface area contributed by atoms with Crippen LogP contribution in [0.15, 0.2) is 29.8 Å². The van der Waals surface area contributed by atoms with Crippen LogP contribution in [0.5, 0.6) is 0 Å². The lowest BCUT2D eigenvalue weighted by atomic mass is 10.1. The molecule has 0 saturated carbocycles. The van der Waals surface area contributed by atoms with Gasteiger partial charge >= 0.3 is 5.97 Å². The molecule has 2 rings (SSSR count). The van der Waals surface area contributed by atoms with E-state index in [2.05, 4.69) is 0 Å². The highest BCUT2D eigenvalue weighted by Crippen LogP contribution is 2.25. The Balaban J connectivity index is 2.19. The predicted molar refractivity (Wildman–Crippen MR) is 54.8 cm³/mol. The SMILES string of the molecule is CCOC(=O)C1=Cc2ccccc2C1. The first-order valence-corrected chi connectivity index (χ1v) is 4.77. The van der Waals surface area contributed by atoms with Gasteiger partial charge < -0.3 is 4.74 Å². The first-order chi connectivity index (χ1) is 6.81. The number of rotatable bonds is 2. The number of hydrogen-bond acceptors (Lipinski definition) is 2. The minimum Gasteiger partial charge on any atom is -0.463 e. The Hall–Kier alpha value is -1.57. The van der Waals surface area contributed by atoms with Crippen LogP contribution in [0.25, 0.3) is 6.08 Å². The summed E-state index contributed by atoms with van der Waals surface area (Å²) in [5, 5.41) is 0. The molecule has 2 heteroatoms. The summed E-state index contributed by atoms with van der Waals surface area (Å²) in [5.41, 5.74) is 3.10. The van der Waals surface area contributed by atoms with E-state index in [4.69, 9.17) is 4.74 Å². The van der Waals surface area contributed by atoms with Gasteiger partial charge in [0, 0.05) is 12.0 Å². The lowest BCUT2D eigenvalue weighted by molar-refractivity contribution is -0.138. The maximum absolute atomic E-state index is 11.4. The van der Waals surface area contributed by atoms with Crippen molar-refractivity contribution in [2.45, 2.75) is 13.3 Å². The molecule has 0 N–H and O–H groups in total. The first kappa shape index (κ1) is 9.00. The summed E-state index contributed by atoms with van der Waals surface area (Å²) in [4.78, 5) is 11.4. The Morgan fingerprint density at radius 2 is 2.21 bits per heavy atom. The van der Waals surface area contributed by atoms with E-state index in [1.165, 1.54) is 5.56 Å². The van der Waals surface area contributed by atoms with Crippen molar-refractivity contribution in [2.24, 2.45) is 0 Å². The Morgan fingerprint density at radius 3 is 2.93 bits per heavy atom. The maximum atomic E-state index is 11.4. The van der Waals surface area contributed by atoms with Crippen molar-refractivity contribution >= 4 is 12.0 Å². The second-order valence-corrected chi connectivity index (χ2v) is 3.27. The van der Waals surface area contributed by atoms with Crippen LogP contribution in [-0.2, 0) is 16.0 Å². The molecule has 0 radical (unpaired) electrons. The van der Waals surface area contributed by atoms with Gasteiger partial charge in [-0.05, 0) is 24.1 Å². The highest BCUT2D eigenvalue weighted by atomic mass is 16.5. The minimum atomic E-state index is -0.191. The fraction of sp³-hybridized carbons (Fsp3) is 0.250. The molecule has 0 aromatic heterocycles. The Kier molecular flexibility index (Phi) is 2.35. The summed E-state index contributed by atoms with van der Waals surface area (Å²) in [7, 11) is 0. The van der Waals surface area contributed by atoms with Gasteiger partial charge in [-0.25, -0.2) is 4.79 Å². The van der Waals surface area contributed by atoms with Gasteiger partial charge in [0.25, 0.3) is 0 Å². The van der Waals surface area contributed by atoms with Crippen molar-refractivity contribution in [3.05, 3.63) is 41.0 Å². The molecule has 1 aliphatic carbocycles. The molecule has 2 nitrogen and oxygen atoms in total. The smallest absolute Gasteiger partial charge is 0.334 e. The van der Waals surface area contributed by atoms with Crippen LogP contribution in [0.1, 0.15) is 18.1 Å². The Bertz CT molecular complexity index is 391. The molecule has 1 aromatic rings. The largest absolute Gasteiger partial charge is 0.463 e. The molecule has 72 valence electrons. The van der Waals surface area contributed by atoms with Crippen LogP contribution in [-0.4, -0.2) is 12.6 Å². The van der Waals surface area contributed by atoms with Crippen LogP contribution in [0, 0.1) is 0 Å². The molecule has 0 spiro atoms. The normalized spacial score (nSPS) is 13.4.